The third kappa shape index (κ3) is 4.57. The molecule has 2 N–H and O–H groups in total. The highest BCUT2D eigenvalue weighted by Gasteiger charge is 2.28. The number of nitrogens with two attached hydrogens (primary N) is 1. The van der Waals surface area contributed by atoms with Crippen molar-refractivity contribution in [2.75, 3.05) is 26.7 Å². The number of ether oxygens (including phenoxy) is 1. The molecule has 1 fully saturated rings. The Hall–Kier alpha value is -0.120. The summed E-state index contributed by atoms with van der Waals surface area (Å²) >= 11 is 0. The molecule has 1 aliphatic heterocycles. The maximum Gasteiger partial charge on any atom is 0.0698 e. The van der Waals surface area contributed by atoms with Gasteiger partial charge in [-0.1, -0.05) is 20.8 Å². The molecule has 0 aliphatic carbocycles. The molecule has 0 aromatic rings. The summed E-state index contributed by atoms with van der Waals surface area (Å²) in [6.45, 7) is 9.93. The maximum absolute atomic E-state index is 5.98. The van der Waals surface area contributed by atoms with Gasteiger partial charge in [-0.15, -0.1) is 0 Å². The zero-order valence-electron chi connectivity index (χ0n) is 12.0. The molecule has 3 heteroatoms. The van der Waals surface area contributed by atoms with Gasteiger partial charge in [-0.05, 0) is 37.6 Å². The number of hydrogen-bond acceptors (Lipinski definition) is 3. The van der Waals surface area contributed by atoms with Crippen LogP contribution in [0, 0.1) is 11.8 Å². The summed E-state index contributed by atoms with van der Waals surface area (Å²) in [5.74, 6) is 1.43. The van der Waals surface area contributed by atoms with Gasteiger partial charge in [0.05, 0.1) is 6.10 Å². The Balaban J connectivity index is 2.53. The van der Waals surface area contributed by atoms with E-state index in [1.807, 2.05) is 7.11 Å². The van der Waals surface area contributed by atoms with E-state index < -0.39 is 0 Å². The van der Waals surface area contributed by atoms with Crippen LogP contribution in [0.15, 0.2) is 0 Å². The molecule has 0 bridgehead atoms. The molecule has 102 valence electrons. The predicted molar refractivity (Wildman–Crippen MR) is 73.1 cm³/mol. The van der Waals surface area contributed by atoms with Crippen molar-refractivity contribution in [3.63, 3.8) is 0 Å². The minimum absolute atomic E-state index is 0.407. The van der Waals surface area contributed by atoms with Crippen LogP contribution in [-0.4, -0.2) is 43.8 Å². The van der Waals surface area contributed by atoms with Crippen LogP contribution in [0.2, 0.25) is 0 Å². The molecular formula is C14H30N2O. The molecular weight excluding hydrogens is 212 g/mol. The van der Waals surface area contributed by atoms with Gasteiger partial charge >= 0.3 is 0 Å². The van der Waals surface area contributed by atoms with E-state index in [0.29, 0.717) is 18.1 Å². The van der Waals surface area contributed by atoms with Gasteiger partial charge in [0.2, 0.25) is 0 Å². The molecule has 1 rings (SSSR count). The Labute approximate surface area is 107 Å². The third-order valence-corrected chi connectivity index (χ3v) is 3.95. The SMILES string of the molecule is COC1CCCN(C(CN)C(C)CC(C)C)C1. The largest absolute Gasteiger partial charge is 0.380 e. The smallest absolute Gasteiger partial charge is 0.0698 e. The normalized spacial score (nSPS) is 26.1. The van der Waals surface area contributed by atoms with E-state index >= 15 is 0 Å². The second kappa shape index (κ2) is 7.34. The number of rotatable bonds is 6. The fourth-order valence-electron chi connectivity index (χ4n) is 3.10. The molecule has 0 amide bonds. The lowest BCUT2D eigenvalue weighted by Gasteiger charge is -2.40. The molecule has 1 saturated heterocycles. The van der Waals surface area contributed by atoms with Crippen molar-refractivity contribution in [2.45, 2.75) is 52.2 Å². The highest BCUT2D eigenvalue weighted by atomic mass is 16.5. The van der Waals surface area contributed by atoms with Crippen molar-refractivity contribution in [2.24, 2.45) is 17.6 Å². The number of hydrogen-bond donors (Lipinski definition) is 1. The number of methoxy groups -OCH3 is 1. The molecule has 3 atom stereocenters. The van der Waals surface area contributed by atoms with Crippen LogP contribution in [0.4, 0.5) is 0 Å². The average molecular weight is 242 g/mol. The Kier molecular flexibility index (Phi) is 6.45. The molecule has 0 saturated carbocycles. The van der Waals surface area contributed by atoms with Crippen molar-refractivity contribution < 1.29 is 4.74 Å². The maximum atomic E-state index is 5.98. The molecule has 1 aliphatic rings. The Morgan fingerprint density at radius 2 is 2.06 bits per heavy atom. The summed E-state index contributed by atoms with van der Waals surface area (Å²) in [5, 5.41) is 0. The van der Waals surface area contributed by atoms with Crippen molar-refractivity contribution in [3.8, 4) is 0 Å². The Morgan fingerprint density at radius 3 is 2.59 bits per heavy atom. The molecule has 3 nitrogen and oxygen atoms in total. The van der Waals surface area contributed by atoms with Crippen LogP contribution in [0.5, 0.6) is 0 Å². The van der Waals surface area contributed by atoms with Crippen LogP contribution >= 0.6 is 0 Å². The molecule has 0 aromatic heterocycles. The van der Waals surface area contributed by atoms with E-state index in [-0.39, 0.29) is 0 Å². The van der Waals surface area contributed by atoms with Crippen LogP contribution < -0.4 is 5.73 Å². The van der Waals surface area contributed by atoms with Crippen molar-refractivity contribution >= 4 is 0 Å². The minimum Gasteiger partial charge on any atom is -0.380 e. The lowest BCUT2D eigenvalue weighted by atomic mass is 9.90. The van der Waals surface area contributed by atoms with Crippen LogP contribution in [0.3, 0.4) is 0 Å². The average Bonchev–Trinajstić information content (AvgIpc) is 2.29. The lowest BCUT2D eigenvalue weighted by molar-refractivity contribution is 0.00438. The van der Waals surface area contributed by atoms with Gasteiger partial charge in [0.25, 0.3) is 0 Å². The van der Waals surface area contributed by atoms with Crippen LogP contribution in [-0.2, 0) is 4.74 Å². The second-order valence-corrected chi connectivity index (χ2v) is 5.90. The molecule has 0 aromatic carbocycles. The summed E-state index contributed by atoms with van der Waals surface area (Å²) < 4.78 is 5.49. The standard InChI is InChI=1S/C14H30N2O/c1-11(2)8-12(3)14(9-15)16-7-5-6-13(10-16)17-4/h11-14H,5-10,15H2,1-4H3. The lowest BCUT2D eigenvalue weighted by Crippen LogP contribution is -2.51. The van der Waals surface area contributed by atoms with Crippen molar-refractivity contribution in [1.29, 1.82) is 0 Å². The zero-order valence-corrected chi connectivity index (χ0v) is 12.0. The van der Waals surface area contributed by atoms with Gasteiger partial charge in [-0.25, -0.2) is 0 Å². The van der Waals surface area contributed by atoms with E-state index in [1.165, 1.54) is 25.8 Å². The minimum atomic E-state index is 0.407. The highest BCUT2D eigenvalue weighted by Crippen LogP contribution is 2.23. The molecule has 17 heavy (non-hydrogen) atoms. The highest BCUT2D eigenvalue weighted by molar-refractivity contribution is 4.83. The van der Waals surface area contributed by atoms with Crippen LogP contribution in [0.25, 0.3) is 0 Å². The second-order valence-electron chi connectivity index (χ2n) is 5.90. The number of likely N-dealkylation sites (tertiary alicyclic amines) is 1. The fourth-order valence-corrected chi connectivity index (χ4v) is 3.10. The van der Waals surface area contributed by atoms with E-state index in [9.17, 15) is 0 Å². The fraction of sp³-hybridized carbons (Fsp3) is 1.00. The topological polar surface area (TPSA) is 38.5 Å². The summed E-state index contributed by atoms with van der Waals surface area (Å²) in [7, 11) is 1.82. The van der Waals surface area contributed by atoms with Gasteiger partial charge < -0.3 is 10.5 Å². The quantitative estimate of drug-likeness (QED) is 0.775. The monoisotopic (exact) mass is 242 g/mol. The molecule has 0 radical (unpaired) electrons. The number of piperidine rings is 1. The molecule has 0 spiro atoms. The zero-order chi connectivity index (χ0) is 12.8. The molecule has 1 heterocycles. The molecule has 3 unspecified atom stereocenters. The van der Waals surface area contributed by atoms with Gasteiger partial charge in [0.15, 0.2) is 0 Å². The first-order chi connectivity index (χ1) is 8.08. The van der Waals surface area contributed by atoms with E-state index in [1.54, 1.807) is 0 Å². The van der Waals surface area contributed by atoms with E-state index in [4.69, 9.17) is 10.5 Å². The van der Waals surface area contributed by atoms with Crippen LogP contribution in [0.1, 0.15) is 40.0 Å². The summed E-state index contributed by atoms with van der Waals surface area (Å²) in [5.41, 5.74) is 5.98. The summed E-state index contributed by atoms with van der Waals surface area (Å²) in [6, 6.07) is 0.523. The van der Waals surface area contributed by atoms with Crippen molar-refractivity contribution in [1.82, 2.24) is 4.90 Å². The van der Waals surface area contributed by atoms with Gasteiger partial charge in [0.1, 0.15) is 0 Å². The van der Waals surface area contributed by atoms with E-state index in [0.717, 1.165) is 19.0 Å². The van der Waals surface area contributed by atoms with Gasteiger partial charge in [-0.2, -0.15) is 0 Å². The first-order valence-corrected chi connectivity index (χ1v) is 7.05. The number of nitrogens with zero attached hydrogens (tertiary/aromatic N) is 1. The first-order valence-electron chi connectivity index (χ1n) is 7.05. The first kappa shape index (κ1) is 14.9. The Morgan fingerprint density at radius 1 is 1.35 bits per heavy atom. The third-order valence-electron chi connectivity index (χ3n) is 3.95. The summed E-state index contributed by atoms with van der Waals surface area (Å²) in [6.07, 6.45) is 4.10. The predicted octanol–water partition coefficient (Wildman–Crippen LogP) is 2.11. The Bertz CT molecular complexity index is 208. The van der Waals surface area contributed by atoms with Gasteiger partial charge in [-0.3, -0.25) is 4.90 Å². The van der Waals surface area contributed by atoms with E-state index in [2.05, 4.69) is 25.7 Å². The van der Waals surface area contributed by atoms with Crippen molar-refractivity contribution in [3.05, 3.63) is 0 Å². The summed E-state index contributed by atoms with van der Waals surface area (Å²) in [4.78, 5) is 2.55. The van der Waals surface area contributed by atoms with Gasteiger partial charge in [0, 0.05) is 26.2 Å².